The normalized spacial score (nSPS) is 18.3. The third kappa shape index (κ3) is 2.48. The zero-order valence-electron chi connectivity index (χ0n) is 9.79. The standard InChI is InChI=1S/C10H15ClN2O3S/c1-7-9(8(2)16-13-7)17(14,15)12-6-10(5-11)3-4-10/h12H,3-6H2,1-2H3. The first-order valence-electron chi connectivity index (χ1n) is 5.39. The number of rotatable bonds is 5. The van der Waals surface area contributed by atoms with Gasteiger partial charge in [0.05, 0.1) is 0 Å². The van der Waals surface area contributed by atoms with Crippen LogP contribution < -0.4 is 4.72 Å². The lowest BCUT2D eigenvalue weighted by molar-refractivity contribution is 0.390. The molecule has 1 aliphatic rings. The summed E-state index contributed by atoms with van der Waals surface area (Å²) in [4.78, 5) is 0.142. The molecule has 96 valence electrons. The second-order valence-electron chi connectivity index (χ2n) is 4.61. The molecule has 2 rings (SSSR count). The maximum Gasteiger partial charge on any atom is 0.245 e. The van der Waals surface area contributed by atoms with Gasteiger partial charge in [0.2, 0.25) is 10.0 Å². The van der Waals surface area contributed by atoms with Gasteiger partial charge >= 0.3 is 0 Å². The van der Waals surface area contributed by atoms with Crippen LogP contribution in [0.3, 0.4) is 0 Å². The van der Waals surface area contributed by atoms with E-state index in [1.807, 2.05) is 0 Å². The first-order chi connectivity index (χ1) is 7.90. The quantitative estimate of drug-likeness (QED) is 0.830. The molecule has 0 bridgehead atoms. The van der Waals surface area contributed by atoms with Crippen molar-refractivity contribution in [1.29, 1.82) is 0 Å². The van der Waals surface area contributed by atoms with Crippen molar-refractivity contribution < 1.29 is 12.9 Å². The van der Waals surface area contributed by atoms with E-state index in [0.717, 1.165) is 12.8 Å². The van der Waals surface area contributed by atoms with Crippen LogP contribution in [0.5, 0.6) is 0 Å². The number of hydrogen-bond donors (Lipinski definition) is 1. The number of aromatic nitrogens is 1. The number of nitrogens with one attached hydrogen (secondary N) is 1. The Morgan fingerprint density at radius 1 is 1.47 bits per heavy atom. The Labute approximate surface area is 106 Å². The molecule has 5 nitrogen and oxygen atoms in total. The molecule has 0 aromatic carbocycles. The van der Waals surface area contributed by atoms with Crippen LogP contribution in [0, 0.1) is 19.3 Å². The highest BCUT2D eigenvalue weighted by molar-refractivity contribution is 7.89. The zero-order chi connectivity index (χ0) is 12.7. The van der Waals surface area contributed by atoms with Crippen molar-refractivity contribution >= 4 is 21.6 Å². The number of aryl methyl sites for hydroxylation is 2. The predicted octanol–water partition coefficient (Wildman–Crippen LogP) is 1.59. The summed E-state index contributed by atoms with van der Waals surface area (Å²) in [6.07, 6.45) is 1.95. The molecular weight excluding hydrogens is 264 g/mol. The molecule has 1 aromatic heterocycles. The summed E-state index contributed by atoms with van der Waals surface area (Å²) in [7, 11) is -3.55. The van der Waals surface area contributed by atoms with E-state index in [0.29, 0.717) is 23.9 Å². The fraction of sp³-hybridized carbons (Fsp3) is 0.700. The first kappa shape index (κ1) is 12.9. The summed E-state index contributed by atoms with van der Waals surface area (Å²) >= 11 is 5.81. The van der Waals surface area contributed by atoms with Gasteiger partial charge in [-0.2, -0.15) is 0 Å². The highest BCUT2D eigenvalue weighted by atomic mass is 35.5. The highest BCUT2D eigenvalue weighted by Crippen LogP contribution is 2.46. The van der Waals surface area contributed by atoms with E-state index >= 15 is 0 Å². The van der Waals surface area contributed by atoms with Crippen LogP contribution in [0.15, 0.2) is 9.42 Å². The van der Waals surface area contributed by atoms with Crippen LogP contribution in [0.2, 0.25) is 0 Å². The van der Waals surface area contributed by atoms with E-state index in [1.54, 1.807) is 13.8 Å². The van der Waals surface area contributed by atoms with Gasteiger partial charge in [0, 0.05) is 12.4 Å². The van der Waals surface area contributed by atoms with Gasteiger partial charge in [0.1, 0.15) is 10.6 Å². The van der Waals surface area contributed by atoms with Gasteiger partial charge in [0.15, 0.2) is 5.76 Å². The van der Waals surface area contributed by atoms with Gasteiger partial charge in [-0.1, -0.05) is 5.16 Å². The lowest BCUT2D eigenvalue weighted by atomic mass is 10.1. The molecule has 0 amide bonds. The lowest BCUT2D eigenvalue weighted by Gasteiger charge is -2.12. The van der Waals surface area contributed by atoms with Gasteiger partial charge in [0.25, 0.3) is 0 Å². The van der Waals surface area contributed by atoms with Gasteiger partial charge < -0.3 is 4.52 Å². The number of sulfonamides is 1. The van der Waals surface area contributed by atoms with Crippen molar-refractivity contribution in [2.75, 3.05) is 12.4 Å². The average molecular weight is 279 g/mol. The maximum atomic E-state index is 12.1. The molecule has 0 unspecified atom stereocenters. The molecule has 1 aliphatic carbocycles. The minimum absolute atomic E-state index is 0.0480. The molecule has 7 heteroatoms. The number of hydrogen-bond acceptors (Lipinski definition) is 4. The maximum absolute atomic E-state index is 12.1. The lowest BCUT2D eigenvalue weighted by Crippen LogP contribution is -2.31. The Bertz CT molecular complexity index is 500. The first-order valence-corrected chi connectivity index (χ1v) is 7.40. The summed E-state index contributed by atoms with van der Waals surface area (Å²) in [5, 5.41) is 3.64. The largest absolute Gasteiger partial charge is 0.360 e. The number of nitrogens with zero attached hydrogens (tertiary/aromatic N) is 1. The fourth-order valence-corrected chi connectivity index (χ4v) is 3.56. The van der Waals surface area contributed by atoms with Crippen LogP contribution in [-0.2, 0) is 10.0 Å². The summed E-state index contributed by atoms with van der Waals surface area (Å²) < 4.78 is 31.6. The van der Waals surface area contributed by atoms with Crippen molar-refractivity contribution in [3.63, 3.8) is 0 Å². The van der Waals surface area contributed by atoms with Crippen LogP contribution >= 0.6 is 11.6 Å². The second kappa shape index (κ2) is 4.26. The SMILES string of the molecule is Cc1noc(C)c1S(=O)(=O)NCC1(CCl)CC1. The summed E-state index contributed by atoms with van der Waals surface area (Å²) in [5.41, 5.74) is 0.332. The second-order valence-corrected chi connectivity index (χ2v) is 6.58. The Morgan fingerprint density at radius 2 is 2.12 bits per heavy atom. The van der Waals surface area contributed by atoms with E-state index in [4.69, 9.17) is 16.1 Å². The smallest absolute Gasteiger partial charge is 0.245 e. The fourth-order valence-electron chi connectivity index (χ4n) is 1.71. The van der Waals surface area contributed by atoms with Crippen molar-refractivity contribution in [1.82, 2.24) is 9.88 Å². The molecule has 1 saturated carbocycles. The predicted molar refractivity (Wildman–Crippen MR) is 63.6 cm³/mol. The average Bonchev–Trinajstić information content (AvgIpc) is 2.97. The Hall–Kier alpha value is -0.590. The van der Waals surface area contributed by atoms with Crippen molar-refractivity contribution in [3.8, 4) is 0 Å². The van der Waals surface area contributed by atoms with Gasteiger partial charge in [-0.15, -0.1) is 11.6 Å². The van der Waals surface area contributed by atoms with Crippen molar-refractivity contribution in [3.05, 3.63) is 11.5 Å². The minimum atomic E-state index is -3.55. The molecule has 1 heterocycles. The van der Waals surface area contributed by atoms with E-state index in [1.165, 1.54) is 0 Å². The molecule has 0 aliphatic heterocycles. The molecule has 0 spiro atoms. The Balaban J connectivity index is 2.15. The highest BCUT2D eigenvalue weighted by Gasteiger charge is 2.42. The minimum Gasteiger partial charge on any atom is -0.360 e. The third-order valence-electron chi connectivity index (χ3n) is 3.11. The van der Waals surface area contributed by atoms with E-state index in [9.17, 15) is 8.42 Å². The van der Waals surface area contributed by atoms with E-state index < -0.39 is 10.0 Å². The van der Waals surface area contributed by atoms with Gasteiger partial charge in [-0.3, -0.25) is 0 Å². The Morgan fingerprint density at radius 3 is 2.53 bits per heavy atom. The van der Waals surface area contributed by atoms with E-state index in [2.05, 4.69) is 9.88 Å². The van der Waals surface area contributed by atoms with Gasteiger partial charge in [-0.05, 0) is 32.1 Å². The molecule has 17 heavy (non-hydrogen) atoms. The summed E-state index contributed by atoms with van der Waals surface area (Å²) in [5.74, 6) is 0.794. The summed E-state index contributed by atoms with van der Waals surface area (Å²) in [6, 6.07) is 0. The molecule has 0 atom stereocenters. The molecule has 1 aromatic rings. The van der Waals surface area contributed by atoms with Crippen molar-refractivity contribution in [2.45, 2.75) is 31.6 Å². The van der Waals surface area contributed by atoms with Gasteiger partial charge in [-0.25, -0.2) is 13.1 Å². The van der Waals surface area contributed by atoms with Crippen molar-refractivity contribution in [2.24, 2.45) is 5.41 Å². The van der Waals surface area contributed by atoms with Crippen LogP contribution in [-0.4, -0.2) is 26.0 Å². The topological polar surface area (TPSA) is 72.2 Å². The Kier molecular flexibility index (Phi) is 3.22. The monoisotopic (exact) mass is 278 g/mol. The third-order valence-corrected chi connectivity index (χ3v) is 5.33. The molecule has 0 saturated heterocycles. The molecular formula is C10H15ClN2O3S. The molecule has 0 radical (unpaired) electrons. The number of halogens is 1. The zero-order valence-corrected chi connectivity index (χ0v) is 11.4. The molecule has 1 N–H and O–H groups in total. The van der Waals surface area contributed by atoms with Crippen LogP contribution in [0.4, 0.5) is 0 Å². The molecule has 1 fully saturated rings. The van der Waals surface area contributed by atoms with E-state index in [-0.39, 0.29) is 10.3 Å². The number of alkyl halides is 1. The van der Waals surface area contributed by atoms with Crippen LogP contribution in [0.25, 0.3) is 0 Å². The summed E-state index contributed by atoms with van der Waals surface area (Å²) in [6.45, 7) is 3.57. The van der Waals surface area contributed by atoms with Crippen LogP contribution in [0.1, 0.15) is 24.3 Å².